The molecule has 0 aliphatic carbocycles. The second kappa shape index (κ2) is 10.2. The van der Waals surface area contributed by atoms with Gasteiger partial charge in [0.15, 0.2) is 11.5 Å². The minimum atomic E-state index is -0.834. The molecule has 7 nitrogen and oxygen atoms in total. The summed E-state index contributed by atoms with van der Waals surface area (Å²) < 4.78 is 11.1. The maximum atomic E-state index is 11.5. The first-order valence-electron chi connectivity index (χ1n) is 8.20. The Morgan fingerprint density at radius 2 is 1.93 bits per heavy atom. The monoisotopic (exact) mass is 389 g/mol. The Morgan fingerprint density at radius 3 is 2.63 bits per heavy atom. The van der Waals surface area contributed by atoms with E-state index >= 15 is 0 Å². The molecule has 0 aliphatic rings. The van der Waals surface area contributed by atoms with Crippen molar-refractivity contribution in [1.82, 2.24) is 10.7 Å². The third-order valence-corrected chi connectivity index (χ3v) is 3.82. The molecule has 0 saturated heterocycles. The molecule has 27 heavy (non-hydrogen) atoms. The van der Waals surface area contributed by atoms with Crippen molar-refractivity contribution in [3.63, 3.8) is 0 Å². The number of carbonyl (C=O) groups is 2. The minimum Gasteiger partial charge on any atom is -0.493 e. The van der Waals surface area contributed by atoms with Crippen LogP contribution in [-0.4, -0.2) is 31.7 Å². The van der Waals surface area contributed by atoms with E-state index in [4.69, 9.17) is 21.1 Å². The number of hydrogen-bond acceptors (Lipinski definition) is 5. The Labute approximate surface area is 162 Å². The van der Waals surface area contributed by atoms with Crippen molar-refractivity contribution in [3.05, 3.63) is 58.6 Å². The molecule has 0 atom stereocenters. The van der Waals surface area contributed by atoms with Crippen LogP contribution in [0.4, 0.5) is 0 Å². The SMILES string of the molecule is CCNC(=O)C(=O)N/N=C\c1ccc(OCc2ccccc2Cl)c(OC)c1. The van der Waals surface area contributed by atoms with Crippen molar-refractivity contribution in [2.24, 2.45) is 5.10 Å². The highest BCUT2D eigenvalue weighted by molar-refractivity contribution is 6.35. The molecule has 2 N–H and O–H groups in total. The quantitative estimate of drug-likeness (QED) is 0.432. The van der Waals surface area contributed by atoms with Gasteiger partial charge in [-0.05, 0) is 36.8 Å². The van der Waals surface area contributed by atoms with E-state index in [2.05, 4.69) is 15.8 Å². The number of amides is 2. The van der Waals surface area contributed by atoms with Gasteiger partial charge in [-0.2, -0.15) is 5.10 Å². The molecular weight excluding hydrogens is 370 g/mol. The molecule has 0 aromatic heterocycles. The minimum absolute atomic E-state index is 0.298. The van der Waals surface area contributed by atoms with Crippen LogP contribution in [0.3, 0.4) is 0 Å². The number of ether oxygens (including phenoxy) is 2. The van der Waals surface area contributed by atoms with Crippen LogP contribution in [0.5, 0.6) is 11.5 Å². The Kier molecular flexibility index (Phi) is 7.63. The van der Waals surface area contributed by atoms with E-state index in [1.807, 2.05) is 18.2 Å². The zero-order valence-corrected chi connectivity index (χ0v) is 15.7. The van der Waals surface area contributed by atoms with Crippen molar-refractivity contribution in [2.45, 2.75) is 13.5 Å². The standard InChI is InChI=1S/C19H20ClN3O4/c1-3-21-18(24)19(25)23-22-11-13-8-9-16(17(10-13)26-2)27-12-14-6-4-5-7-15(14)20/h4-11H,3,12H2,1-2H3,(H,21,24)(H,23,25)/b22-11-. The van der Waals surface area contributed by atoms with Crippen LogP contribution in [0.1, 0.15) is 18.1 Å². The Bertz CT molecular complexity index is 839. The molecule has 0 radical (unpaired) electrons. The first-order valence-corrected chi connectivity index (χ1v) is 8.58. The van der Waals surface area contributed by atoms with Crippen molar-refractivity contribution in [1.29, 1.82) is 0 Å². The lowest BCUT2D eigenvalue weighted by molar-refractivity contribution is -0.139. The van der Waals surface area contributed by atoms with Crippen LogP contribution in [0.15, 0.2) is 47.6 Å². The third-order valence-electron chi connectivity index (χ3n) is 3.45. The molecule has 2 rings (SSSR count). The number of benzene rings is 2. The molecule has 2 aromatic rings. The van der Waals surface area contributed by atoms with Gasteiger partial charge in [0.2, 0.25) is 0 Å². The van der Waals surface area contributed by atoms with Crippen molar-refractivity contribution in [3.8, 4) is 11.5 Å². The summed E-state index contributed by atoms with van der Waals surface area (Å²) >= 11 is 6.12. The van der Waals surface area contributed by atoms with Gasteiger partial charge < -0.3 is 14.8 Å². The molecule has 0 aliphatic heterocycles. The Morgan fingerprint density at radius 1 is 1.15 bits per heavy atom. The maximum absolute atomic E-state index is 11.5. The third kappa shape index (κ3) is 6.00. The summed E-state index contributed by atoms with van der Waals surface area (Å²) in [5.74, 6) is -0.530. The normalized spacial score (nSPS) is 10.5. The number of hydrogen-bond donors (Lipinski definition) is 2. The molecule has 0 fully saturated rings. The van der Waals surface area contributed by atoms with Crippen LogP contribution >= 0.6 is 11.6 Å². The smallest absolute Gasteiger partial charge is 0.329 e. The van der Waals surface area contributed by atoms with Crippen molar-refractivity contribution >= 4 is 29.6 Å². The number of rotatable bonds is 7. The first-order chi connectivity index (χ1) is 13.0. The largest absolute Gasteiger partial charge is 0.493 e. The highest BCUT2D eigenvalue weighted by atomic mass is 35.5. The van der Waals surface area contributed by atoms with Crippen LogP contribution in [0, 0.1) is 0 Å². The van der Waals surface area contributed by atoms with E-state index in [9.17, 15) is 9.59 Å². The molecule has 0 saturated carbocycles. The fraction of sp³-hybridized carbons (Fsp3) is 0.211. The van der Waals surface area contributed by atoms with Gasteiger partial charge in [0, 0.05) is 17.1 Å². The van der Waals surface area contributed by atoms with Gasteiger partial charge in [-0.1, -0.05) is 29.8 Å². The molecule has 8 heteroatoms. The summed E-state index contributed by atoms with van der Waals surface area (Å²) in [5, 5.41) is 6.76. The van der Waals surface area contributed by atoms with Crippen LogP contribution in [-0.2, 0) is 16.2 Å². The summed E-state index contributed by atoms with van der Waals surface area (Å²) in [5.41, 5.74) is 3.67. The van der Waals surface area contributed by atoms with Gasteiger partial charge in [0.25, 0.3) is 0 Å². The van der Waals surface area contributed by atoms with Gasteiger partial charge in [-0.15, -0.1) is 0 Å². The topological polar surface area (TPSA) is 89.0 Å². The van der Waals surface area contributed by atoms with Crippen molar-refractivity contribution < 1.29 is 19.1 Å². The predicted octanol–water partition coefficient (Wildman–Crippen LogP) is 2.51. The van der Waals surface area contributed by atoms with Crippen molar-refractivity contribution in [2.75, 3.05) is 13.7 Å². The summed E-state index contributed by atoms with van der Waals surface area (Å²) in [7, 11) is 1.52. The number of nitrogens with zero attached hydrogens (tertiary/aromatic N) is 1. The fourth-order valence-corrected chi connectivity index (χ4v) is 2.30. The molecule has 0 bridgehead atoms. The lowest BCUT2D eigenvalue weighted by Gasteiger charge is -2.12. The second-order valence-electron chi connectivity index (χ2n) is 5.35. The predicted molar refractivity (Wildman–Crippen MR) is 103 cm³/mol. The van der Waals surface area contributed by atoms with E-state index in [0.717, 1.165) is 5.56 Å². The zero-order valence-electron chi connectivity index (χ0n) is 15.0. The molecule has 0 heterocycles. The molecular formula is C19H20ClN3O4. The van der Waals surface area contributed by atoms with E-state index in [-0.39, 0.29) is 0 Å². The summed E-state index contributed by atoms with van der Waals surface area (Å²) in [6, 6.07) is 12.6. The van der Waals surface area contributed by atoms with Crippen LogP contribution in [0.25, 0.3) is 0 Å². The average molecular weight is 390 g/mol. The Hall–Kier alpha value is -3.06. The van der Waals surface area contributed by atoms with E-state index in [1.54, 1.807) is 31.2 Å². The van der Waals surface area contributed by atoms with E-state index < -0.39 is 11.8 Å². The van der Waals surface area contributed by atoms with Gasteiger partial charge in [-0.25, -0.2) is 5.43 Å². The summed E-state index contributed by atoms with van der Waals surface area (Å²) in [6.07, 6.45) is 1.40. The van der Waals surface area contributed by atoms with Gasteiger partial charge in [0.1, 0.15) is 6.61 Å². The van der Waals surface area contributed by atoms with Gasteiger partial charge in [0.05, 0.1) is 13.3 Å². The number of methoxy groups -OCH3 is 1. The molecule has 0 unspecified atom stereocenters. The number of nitrogens with one attached hydrogen (secondary N) is 2. The lowest BCUT2D eigenvalue weighted by atomic mass is 10.2. The van der Waals surface area contributed by atoms with Gasteiger partial charge in [-0.3, -0.25) is 9.59 Å². The lowest BCUT2D eigenvalue weighted by Crippen LogP contribution is -2.37. The number of hydrazone groups is 1. The molecule has 2 amide bonds. The fourth-order valence-electron chi connectivity index (χ4n) is 2.11. The van der Waals surface area contributed by atoms with E-state index in [1.165, 1.54) is 13.3 Å². The number of likely N-dealkylation sites (N-methyl/N-ethyl adjacent to an activating group) is 1. The number of carbonyl (C=O) groups excluding carboxylic acids is 2. The zero-order chi connectivity index (χ0) is 19.6. The maximum Gasteiger partial charge on any atom is 0.329 e. The summed E-state index contributed by atoms with van der Waals surface area (Å²) in [6.45, 7) is 2.38. The molecule has 0 spiro atoms. The molecule has 2 aromatic carbocycles. The highest BCUT2D eigenvalue weighted by Crippen LogP contribution is 2.29. The van der Waals surface area contributed by atoms with Crippen LogP contribution in [0.2, 0.25) is 5.02 Å². The first kappa shape index (κ1) is 20.3. The number of halogens is 1. The summed E-state index contributed by atoms with van der Waals surface area (Å²) in [4.78, 5) is 22.8. The van der Waals surface area contributed by atoms with Crippen LogP contribution < -0.4 is 20.2 Å². The van der Waals surface area contributed by atoms with Gasteiger partial charge >= 0.3 is 11.8 Å². The highest BCUT2D eigenvalue weighted by Gasteiger charge is 2.10. The molecule has 142 valence electrons. The average Bonchev–Trinajstić information content (AvgIpc) is 2.68. The second-order valence-corrected chi connectivity index (χ2v) is 5.76. The Balaban J connectivity index is 2.01. The van der Waals surface area contributed by atoms with E-state index in [0.29, 0.717) is 35.2 Å².